The van der Waals surface area contributed by atoms with Gasteiger partial charge in [-0.15, -0.1) is 0 Å². The molecule has 0 bridgehead atoms. The fraction of sp³-hybridized carbons (Fsp3) is 0.818. The molecule has 2 rings (SSSR count). The van der Waals surface area contributed by atoms with E-state index in [9.17, 15) is 9.59 Å². The van der Waals surface area contributed by atoms with E-state index >= 15 is 0 Å². The molecule has 5 heteroatoms. The fourth-order valence-corrected chi connectivity index (χ4v) is 2.29. The highest BCUT2D eigenvalue weighted by atomic mass is 16.2. The number of hydrogen-bond donors (Lipinski definition) is 3. The van der Waals surface area contributed by atoms with Gasteiger partial charge in [-0.2, -0.15) is 0 Å². The molecule has 0 aromatic rings. The zero-order valence-electron chi connectivity index (χ0n) is 9.64. The van der Waals surface area contributed by atoms with Crippen molar-refractivity contribution in [1.82, 2.24) is 16.0 Å². The molecule has 0 aromatic heterocycles. The van der Waals surface area contributed by atoms with E-state index in [1.54, 1.807) is 0 Å². The highest BCUT2D eigenvalue weighted by Gasteiger charge is 2.34. The van der Waals surface area contributed by atoms with Crippen LogP contribution in [0.5, 0.6) is 0 Å². The lowest BCUT2D eigenvalue weighted by Crippen LogP contribution is -2.53. The van der Waals surface area contributed by atoms with E-state index in [-0.39, 0.29) is 23.3 Å². The summed E-state index contributed by atoms with van der Waals surface area (Å²) in [6, 6.07) is 0. The summed E-state index contributed by atoms with van der Waals surface area (Å²) in [5.41, 5.74) is -0.103. The maximum Gasteiger partial charge on any atom is 0.225 e. The van der Waals surface area contributed by atoms with Gasteiger partial charge in [0.2, 0.25) is 11.8 Å². The Hall–Kier alpha value is -1.10. The molecule has 3 N–H and O–H groups in total. The Morgan fingerprint density at radius 1 is 1.44 bits per heavy atom. The van der Waals surface area contributed by atoms with Crippen LogP contribution in [-0.2, 0) is 9.59 Å². The topological polar surface area (TPSA) is 70.2 Å². The van der Waals surface area contributed by atoms with Gasteiger partial charge in [0, 0.05) is 18.5 Å². The van der Waals surface area contributed by atoms with Crippen molar-refractivity contribution in [3.8, 4) is 0 Å². The summed E-state index contributed by atoms with van der Waals surface area (Å²) >= 11 is 0. The summed E-state index contributed by atoms with van der Waals surface area (Å²) in [6.45, 7) is 4.45. The van der Waals surface area contributed by atoms with Crippen LogP contribution in [0.2, 0.25) is 0 Å². The molecule has 0 radical (unpaired) electrons. The molecule has 2 heterocycles. The van der Waals surface area contributed by atoms with Gasteiger partial charge in [0.05, 0.1) is 5.92 Å². The number of rotatable bonds is 2. The van der Waals surface area contributed by atoms with Crippen LogP contribution in [-0.4, -0.2) is 37.0 Å². The van der Waals surface area contributed by atoms with Gasteiger partial charge in [-0.05, 0) is 32.9 Å². The fourth-order valence-electron chi connectivity index (χ4n) is 2.29. The molecule has 2 saturated heterocycles. The smallest absolute Gasteiger partial charge is 0.225 e. The molecule has 0 aromatic carbocycles. The molecule has 0 spiro atoms. The number of hydrogen-bond acceptors (Lipinski definition) is 3. The van der Waals surface area contributed by atoms with Gasteiger partial charge in [-0.3, -0.25) is 9.59 Å². The van der Waals surface area contributed by atoms with Crippen molar-refractivity contribution in [2.75, 3.05) is 19.6 Å². The van der Waals surface area contributed by atoms with Crippen molar-refractivity contribution in [2.45, 2.75) is 31.7 Å². The molecule has 5 nitrogen and oxygen atoms in total. The largest absolute Gasteiger partial charge is 0.355 e. The molecular formula is C11H19N3O2. The number of carbonyl (C=O) groups excluding carboxylic acids is 2. The molecule has 2 aliphatic rings. The monoisotopic (exact) mass is 225 g/mol. The molecular weight excluding hydrogens is 206 g/mol. The second-order valence-corrected chi connectivity index (χ2v) is 5.01. The zero-order chi connectivity index (χ0) is 11.6. The highest BCUT2D eigenvalue weighted by molar-refractivity contribution is 5.89. The van der Waals surface area contributed by atoms with E-state index in [0.29, 0.717) is 13.0 Å². The number of amides is 2. The molecule has 1 unspecified atom stereocenters. The van der Waals surface area contributed by atoms with Gasteiger partial charge in [0.25, 0.3) is 0 Å². The third kappa shape index (κ3) is 2.52. The summed E-state index contributed by atoms with van der Waals surface area (Å²) < 4.78 is 0. The Bertz CT molecular complexity index is 298. The van der Waals surface area contributed by atoms with E-state index in [1.807, 2.05) is 0 Å². The van der Waals surface area contributed by atoms with Gasteiger partial charge in [0.15, 0.2) is 0 Å². The molecule has 0 saturated carbocycles. The Morgan fingerprint density at radius 2 is 2.12 bits per heavy atom. The zero-order valence-corrected chi connectivity index (χ0v) is 9.64. The predicted octanol–water partition coefficient (Wildman–Crippen LogP) is -0.619. The SMILES string of the molecule is CC1(NC(=O)C2CNC(=O)C2)CCNCC1. The van der Waals surface area contributed by atoms with E-state index in [2.05, 4.69) is 22.9 Å². The maximum atomic E-state index is 11.9. The molecule has 2 aliphatic heterocycles. The Morgan fingerprint density at radius 3 is 2.69 bits per heavy atom. The van der Waals surface area contributed by atoms with Gasteiger partial charge < -0.3 is 16.0 Å². The van der Waals surface area contributed by atoms with Crippen molar-refractivity contribution in [3.05, 3.63) is 0 Å². The van der Waals surface area contributed by atoms with Crippen LogP contribution >= 0.6 is 0 Å². The van der Waals surface area contributed by atoms with Gasteiger partial charge in [-0.1, -0.05) is 0 Å². The lowest BCUT2D eigenvalue weighted by molar-refractivity contribution is -0.128. The highest BCUT2D eigenvalue weighted by Crippen LogP contribution is 2.19. The normalized spacial score (nSPS) is 28.6. The second-order valence-electron chi connectivity index (χ2n) is 5.01. The first kappa shape index (κ1) is 11.4. The molecule has 16 heavy (non-hydrogen) atoms. The predicted molar refractivity (Wildman–Crippen MR) is 59.8 cm³/mol. The molecule has 2 fully saturated rings. The van der Waals surface area contributed by atoms with Crippen LogP contribution < -0.4 is 16.0 Å². The summed E-state index contributed by atoms with van der Waals surface area (Å²) in [6.07, 6.45) is 2.24. The van der Waals surface area contributed by atoms with Crippen LogP contribution in [0.3, 0.4) is 0 Å². The first-order valence-electron chi connectivity index (χ1n) is 5.88. The number of piperidine rings is 1. The summed E-state index contributed by atoms with van der Waals surface area (Å²) in [5.74, 6) is -0.183. The van der Waals surface area contributed by atoms with Crippen molar-refractivity contribution in [2.24, 2.45) is 5.92 Å². The van der Waals surface area contributed by atoms with Crippen molar-refractivity contribution >= 4 is 11.8 Å². The van der Waals surface area contributed by atoms with Crippen LogP contribution in [0.25, 0.3) is 0 Å². The first-order chi connectivity index (χ1) is 7.59. The van der Waals surface area contributed by atoms with Crippen LogP contribution in [0.4, 0.5) is 0 Å². The maximum absolute atomic E-state index is 11.9. The summed E-state index contributed by atoms with van der Waals surface area (Å²) in [4.78, 5) is 23.0. The molecule has 90 valence electrons. The van der Waals surface area contributed by atoms with Crippen LogP contribution in [0.1, 0.15) is 26.2 Å². The number of nitrogens with one attached hydrogen (secondary N) is 3. The molecule has 2 amide bonds. The average molecular weight is 225 g/mol. The van der Waals surface area contributed by atoms with Gasteiger partial charge in [0.1, 0.15) is 0 Å². The van der Waals surface area contributed by atoms with Crippen molar-refractivity contribution in [1.29, 1.82) is 0 Å². The van der Waals surface area contributed by atoms with Gasteiger partial charge >= 0.3 is 0 Å². The van der Waals surface area contributed by atoms with E-state index in [1.165, 1.54) is 0 Å². The standard InChI is InChI=1S/C11H19N3O2/c1-11(2-4-12-5-3-11)14-10(16)8-6-9(15)13-7-8/h8,12H,2-7H2,1H3,(H,13,15)(H,14,16). The third-order valence-corrected chi connectivity index (χ3v) is 3.48. The lowest BCUT2D eigenvalue weighted by Gasteiger charge is -2.35. The Balaban J connectivity index is 1.88. The van der Waals surface area contributed by atoms with Crippen molar-refractivity contribution in [3.63, 3.8) is 0 Å². The summed E-state index contributed by atoms with van der Waals surface area (Å²) in [7, 11) is 0. The average Bonchev–Trinajstić information content (AvgIpc) is 2.65. The Kier molecular flexibility index (Phi) is 3.14. The van der Waals surface area contributed by atoms with Crippen LogP contribution in [0, 0.1) is 5.92 Å². The third-order valence-electron chi connectivity index (χ3n) is 3.48. The summed E-state index contributed by atoms with van der Waals surface area (Å²) in [5, 5.41) is 9.05. The lowest BCUT2D eigenvalue weighted by atomic mass is 9.89. The van der Waals surface area contributed by atoms with E-state index in [4.69, 9.17) is 0 Å². The molecule has 1 atom stereocenters. The first-order valence-corrected chi connectivity index (χ1v) is 5.88. The quantitative estimate of drug-likeness (QED) is 0.586. The second kappa shape index (κ2) is 4.41. The minimum absolute atomic E-state index is 0.0164. The minimum atomic E-state index is -0.181. The number of carbonyl (C=O) groups is 2. The molecule has 0 aliphatic carbocycles. The van der Waals surface area contributed by atoms with E-state index < -0.39 is 0 Å². The minimum Gasteiger partial charge on any atom is -0.355 e. The van der Waals surface area contributed by atoms with Crippen molar-refractivity contribution < 1.29 is 9.59 Å². The Labute approximate surface area is 95.3 Å². The van der Waals surface area contributed by atoms with E-state index in [0.717, 1.165) is 25.9 Å². The van der Waals surface area contributed by atoms with Gasteiger partial charge in [-0.25, -0.2) is 0 Å². The van der Waals surface area contributed by atoms with Crippen LogP contribution in [0.15, 0.2) is 0 Å².